The summed E-state index contributed by atoms with van der Waals surface area (Å²) in [7, 11) is 3.85. The van der Waals surface area contributed by atoms with Crippen LogP contribution in [0.5, 0.6) is 0 Å². The van der Waals surface area contributed by atoms with Gasteiger partial charge in [0.2, 0.25) is 0 Å². The molecule has 4 heterocycles. The maximum Gasteiger partial charge on any atom is 0.0886 e. The van der Waals surface area contributed by atoms with Crippen molar-refractivity contribution in [1.29, 1.82) is 0 Å². The second-order valence-electron chi connectivity index (χ2n) is 7.12. The largest absolute Gasteiger partial charge is 0.266 e. The number of aryl methyl sites for hydroxylation is 2. The van der Waals surface area contributed by atoms with Crippen LogP contribution in [-0.4, -0.2) is 29.5 Å². The van der Waals surface area contributed by atoms with Crippen molar-refractivity contribution in [1.82, 2.24) is 29.5 Å². The summed E-state index contributed by atoms with van der Waals surface area (Å²) in [4.78, 5) is 9.83. The van der Waals surface area contributed by atoms with Gasteiger partial charge in [-0.1, -0.05) is 12.1 Å². The van der Waals surface area contributed by atoms with E-state index in [4.69, 9.17) is 9.97 Å². The van der Waals surface area contributed by atoms with Gasteiger partial charge in [0.1, 0.15) is 0 Å². The van der Waals surface area contributed by atoms with Crippen molar-refractivity contribution in [2.45, 2.75) is 19.3 Å². The average molecular weight is 358 g/mol. The zero-order valence-corrected chi connectivity index (χ0v) is 16.0. The Balaban J connectivity index is 1.76. The molecule has 0 unspecified atom stereocenters. The predicted octanol–water partition coefficient (Wildman–Crippen LogP) is 3.60. The van der Waals surface area contributed by atoms with Crippen LogP contribution < -0.4 is 0 Å². The van der Waals surface area contributed by atoms with Crippen molar-refractivity contribution in [2.24, 2.45) is 14.1 Å². The summed E-state index contributed by atoms with van der Waals surface area (Å²) in [5.74, 6) is 0. The van der Waals surface area contributed by atoms with Crippen LogP contribution in [-0.2, 0) is 19.5 Å². The summed E-state index contributed by atoms with van der Waals surface area (Å²) < 4.78 is 3.67. The molecule has 27 heavy (non-hydrogen) atoms. The van der Waals surface area contributed by atoms with E-state index in [0.717, 1.165) is 34.2 Å². The Hall–Kier alpha value is -3.28. The van der Waals surface area contributed by atoms with Gasteiger partial charge < -0.3 is 0 Å². The Morgan fingerprint density at radius 2 is 1.11 bits per heavy atom. The Kier molecular flexibility index (Phi) is 4.11. The molecule has 136 valence electrons. The molecular weight excluding hydrogens is 336 g/mol. The van der Waals surface area contributed by atoms with E-state index in [1.807, 2.05) is 59.9 Å². The first-order valence-electron chi connectivity index (χ1n) is 8.88. The summed E-state index contributed by atoms with van der Waals surface area (Å²) in [6.07, 6.45) is 3.57. The Labute approximate surface area is 158 Å². The van der Waals surface area contributed by atoms with Crippen LogP contribution in [0.2, 0.25) is 0 Å². The third-order valence-corrected chi connectivity index (χ3v) is 4.95. The molecular formula is C21H22N6. The first-order chi connectivity index (χ1) is 13.0. The lowest BCUT2D eigenvalue weighted by Crippen LogP contribution is -2.22. The standard InChI is InChI=1S/C21H22N6/c1-21(2,19-9-5-7-15(24-19)17-11-13-22-26(17)3)20-10-6-8-16(25-20)18-12-14-23-27(18)4/h5-14H,1-4H3. The summed E-state index contributed by atoms with van der Waals surface area (Å²) in [5.41, 5.74) is 5.38. The van der Waals surface area contributed by atoms with Crippen molar-refractivity contribution in [3.8, 4) is 22.8 Å². The minimum absolute atomic E-state index is 0.344. The zero-order valence-electron chi connectivity index (χ0n) is 16.0. The van der Waals surface area contributed by atoms with Gasteiger partial charge in [0.05, 0.1) is 34.2 Å². The Bertz CT molecular complexity index is 1000. The van der Waals surface area contributed by atoms with E-state index in [2.05, 4.69) is 36.2 Å². The van der Waals surface area contributed by atoms with Gasteiger partial charge >= 0.3 is 0 Å². The van der Waals surface area contributed by atoms with E-state index in [1.54, 1.807) is 12.4 Å². The van der Waals surface area contributed by atoms with Crippen LogP contribution in [0.4, 0.5) is 0 Å². The van der Waals surface area contributed by atoms with Crippen LogP contribution in [0.15, 0.2) is 60.9 Å². The second kappa shape index (κ2) is 6.46. The highest BCUT2D eigenvalue weighted by Gasteiger charge is 2.27. The third-order valence-electron chi connectivity index (χ3n) is 4.95. The van der Waals surface area contributed by atoms with Gasteiger partial charge in [0, 0.05) is 31.9 Å². The Morgan fingerprint density at radius 1 is 0.667 bits per heavy atom. The number of pyridine rings is 2. The predicted molar refractivity (Wildman–Crippen MR) is 105 cm³/mol. The molecule has 0 saturated carbocycles. The number of aromatic nitrogens is 6. The molecule has 0 N–H and O–H groups in total. The summed E-state index contributed by atoms with van der Waals surface area (Å²) in [6.45, 7) is 4.30. The molecule has 0 saturated heterocycles. The van der Waals surface area contributed by atoms with Gasteiger partial charge in [0.15, 0.2) is 0 Å². The highest BCUT2D eigenvalue weighted by atomic mass is 15.3. The number of hydrogen-bond acceptors (Lipinski definition) is 4. The molecule has 0 amide bonds. The fourth-order valence-electron chi connectivity index (χ4n) is 3.23. The van der Waals surface area contributed by atoms with Gasteiger partial charge in [-0.05, 0) is 50.2 Å². The van der Waals surface area contributed by atoms with Crippen molar-refractivity contribution in [3.63, 3.8) is 0 Å². The van der Waals surface area contributed by atoms with Crippen molar-refractivity contribution >= 4 is 0 Å². The van der Waals surface area contributed by atoms with Crippen LogP contribution in [0.3, 0.4) is 0 Å². The normalized spacial score (nSPS) is 11.7. The summed E-state index contributed by atoms with van der Waals surface area (Å²) in [6, 6.07) is 16.2. The van der Waals surface area contributed by atoms with Gasteiger partial charge in [-0.3, -0.25) is 19.3 Å². The summed E-state index contributed by atoms with van der Waals surface area (Å²) >= 11 is 0. The molecule has 4 aromatic rings. The lowest BCUT2D eigenvalue weighted by atomic mass is 9.84. The van der Waals surface area contributed by atoms with Crippen LogP contribution in [0, 0.1) is 0 Å². The minimum Gasteiger partial charge on any atom is -0.266 e. The van der Waals surface area contributed by atoms with Gasteiger partial charge in [0.25, 0.3) is 0 Å². The first-order valence-corrected chi connectivity index (χ1v) is 8.88. The third kappa shape index (κ3) is 3.03. The number of hydrogen-bond donors (Lipinski definition) is 0. The van der Waals surface area contributed by atoms with E-state index >= 15 is 0 Å². The van der Waals surface area contributed by atoms with E-state index in [-0.39, 0.29) is 5.41 Å². The van der Waals surface area contributed by atoms with Gasteiger partial charge in [-0.25, -0.2) is 0 Å². The van der Waals surface area contributed by atoms with Crippen molar-refractivity contribution < 1.29 is 0 Å². The van der Waals surface area contributed by atoms with E-state index in [9.17, 15) is 0 Å². The van der Waals surface area contributed by atoms with Crippen LogP contribution in [0.25, 0.3) is 22.8 Å². The fourth-order valence-corrected chi connectivity index (χ4v) is 3.23. The minimum atomic E-state index is -0.344. The quantitative estimate of drug-likeness (QED) is 0.559. The molecule has 0 atom stereocenters. The van der Waals surface area contributed by atoms with Crippen LogP contribution in [0.1, 0.15) is 25.2 Å². The van der Waals surface area contributed by atoms with Crippen LogP contribution >= 0.6 is 0 Å². The van der Waals surface area contributed by atoms with Gasteiger partial charge in [-0.2, -0.15) is 10.2 Å². The maximum atomic E-state index is 4.92. The molecule has 6 nitrogen and oxygen atoms in total. The highest BCUT2D eigenvalue weighted by molar-refractivity contribution is 5.56. The second-order valence-corrected chi connectivity index (χ2v) is 7.12. The summed E-state index contributed by atoms with van der Waals surface area (Å²) in [5, 5.41) is 8.49. The van der Waals surface area contributed by atoms with E-state index < -0.39 is 0 Å². The van der Waals surface area contributed by atoms with E-state index in [0.29, 0.717) is 0 Å². The molecule has 0 aliphatic rings. The molecule has 0 fully saturated rings. The average Bonchev–Trinajstić information content (AvgIpc) is 3.30. The maximum absolute atomic E-state index is 4.92. The molecule has 0 aliphatic carbocycles. The molecule has 0 bridgehead atoms. The molecule has 0 radical (unpaired) electrons. The van der Waals surface area contributed by atoms with E-state index in [1.165, 1.54) is 0 Å². The molecule has 4 aromatic heterocycles. The van der Waals surface area contributed by atoms with Crippen molar-refractivity contribution in [3.05, 3.63) is 72.3 Å². The highest BCUT2D eigenvalue weighted by Crippen LogP contribution is 2.31. The molecule has 4 rings (SSSR count). The fraction of sp³-hybridized carbons (Fsp3) is 0.238. The lowest BCUT2D eigenvalue weighted by molar-refractivity contribution is 0.595. The first kappa shape index (κ1) is 17.1. The monoisotopic (exact) mass is 358 g/mol. The Morgan fingerprint density at radius 3 is 1.48 bits per heavy atom. The lowest BCUT2D eigenvalue weighted by Gasteiger charge is -2.24. The topological polar surface area (TPSA) is 61.4 Å². The molecule has 0 spiro atoms. The smallest absolute Gasteiger partial charge is 0.0886 e. The zero-order chi connectivity index (χ0) is 19.0. The SMILES string of the molecule is Cn1nccc1-c1cccc(C(C)(C)c2cccc(-c3ccnn3C)n2)n1. The van der Waals surface area contributed by atoms with Crippen molar-refractivity contribution in [2.75, 3.05) is 0 Å². The molecule has 6 heteroatoms. The molecule has 0 aliphatic heterocycles. The van der Waals surface area contributed by atoms with Gasteiger partial charge in [-0.15, -0.1) is 0 Å². The molecule has 0 aromatic carbocycles. The number of nitrogens with zero attached hydrogens (tertiary/aromatic N) is 6. The number of rotatable bonds is 4.